The first-order chi connectivity index (χ1) is 16.9. The Kier molecular flexibility index (Phi) is 6.43. The predicted molar refractivity (Wildman–Crippen MR) is 119 cm³/mol. The Hall–Kier alpha value is -4.00. The molecular formula is C23H15F5N2O5S. The Morgan fingerprint density at radius 3 is 2.53 bits per heavy atom. The van der Waals surface area contributed by atoms with Crippen LogP contribution in [0.5, 0.6) is 11.6 Å². The summed E-state index contributed by atoms with van der Waals surface area (Å²) < 4.78 is 101. The van der Waals surface area contributed by atoms with E-state index < -0.39 is 44.9 Å². The van der Waals surface area contributed by atoms with Crippen LogP contribution in [0.15, 0.2) is 63.9 Å². The van der Waals surface area contributed by atoms with E-state index in [1.807, 2.05) is 0 Å². The van der Waals surface area contributed by atoms with E-state index in [4.69, 9.17) is 9.15 Å². The zero-order valence-corrected chi connectivity index (χ0v) is 19.0. The normalized spacial score (nSPS) is 12.1. The lowest BCUT2D eigenvalue weighted by Crippen LogP contribution is -2.30. The number of aromatic nitrogens is 1. The molecule has 0 atom stereocenters. The minimum absolute atomic E-state index is 0.00154. The Labute approximate surface area is 200 Å². The highest BCUT2D eigenvalue weighted by atomic mass is 32.2. The largest absolute Gasteiger partial charge is 0.516 e. The van der Waals surface area contributed by atoms with Crippen molar-refractivity contribution in [3.05, 3.63) is 93.5 Å². The summed E-state index contributed by atoms with van der Waals surface area (Å²) in [5, 5.41) is 0.438. The number of fused-ring (bicyclic) bond motifs is 1. The summed E-state index contributed by atoms with van der Waals surface area (Å²) in [5.74, 6) is -2.13. The summed E-state index contributed by atoms with van der Waals surface area (Å²) in [6.45, 7) is 1.56. The second kappa shape index (κ2) is 9.22. The van der Waals surface area contributed by atoms with Crippen molar-refractivity contribution in [2.24, 2.45) is 0 Å². The number of rotatable bonds is 6. The Morgan fingerprint density at radius 1 is 1.08 bits per heavy atom. The third kappa shape index (κ3) is 4.87. The summed E-state index contributed by atoms with van der Waals surface area (Å²) in [7, 11) is -5.85. The molecule has 4 rings (SSSR count). The van der Waals surface area contributed by atoms with Gasteiger partial charge in [0.25, 0.3) is 5.88 Å². The molecule has 2 aromatic heterocycles. The van der Waals surface area contributed by atoms with Crippen LogP contribution in [-0.2, 0) is 16.4 Å². The number of pyridine rings is 1. The lowest BCUT2D eigenvalue weighted by atomic mass is 9.99. The summed E-state index contributed by atoms with van der Waals surface area (Å²) in [6.07, 6.45) is 0.938. The molecule has 2 heterocycles. The number of aryl methyl sites for hydroxylation is 1. The van der Waals surface area contributed by atoms with Gasteiger partial charge in [0.15, 0.2) is 11.6 Å². The van der Waals surface area contributed by atoms with Gasteiger partial charge in [-0.3, -0.25) is 4.72 Å². The van der Waals surface area contributed by atoms with Gasteiger partial charge in [-0.2, -0.15) is 21.6 Å². The fourth-order valence-electron chi connectivity index (χ4n) is 3.39. The molecule has 36 heavy (non-hydrogen) atoms. The van der Waals surface area contributed by atoms with E-state index in [1.165, 1.54) is 41.3 Å². The highest BCUT2D eigenvalue weighted by Gasteiger charge is 2.46. The maximum absolute atomic E-state index is 14.9. The van der Waals surface area contributed by atoms with Gasteiger partial charge >= 0.3 is 21.2 Å². The number of nitrogens with zero attached hydrogens (tertiary/aromatic N) is 1. The molecule has 13 heteroatoms. The standard InChI is InChI=1S/C23H15F5N2O5S/c1-12-15-8-7-14(34-21-17(24)5-3-9-29-21)11-19(15)35-22(31)16(12)10-13-4-2-6-18(20(13)25)30-36(32,33)23(26,27)28/h2-9,11,30H,10H2,1H3. The maximum Gasteiger partial charge on any atom is 0.516 e. The number of ether oxygens (including phenoxy) is 1. The van der Waals surface area contributed by atoms with Crippen LogP contribution in [0, 0.1) is 18.6 Å². The van der Waals surface area contributed by atoms with Crippen LogP contribution in [0.4, 0.5) is 27.6 Å². The van der Waals surface area contributed by atoms with Crippen molar-refractivity contribution in [3.63, 3.8) is 0 Å². The summed E-state index contributed by atoms with van der Waals surface area (Å²) >= 11 is 0. The van der Waals surface area contributed by atoms with Gasteiger partial charge in [0, 0.05) is 29.6 Å². The number of hydrogen-bond donors (Lipinski definition) is 1. The van der Waals surface area contributed by atoms with Crippen molar-refractivity contribution < 1.29 is 39.5 Å². The molecule has 0 aliphatic heterocycles. The van der Waals surface area contributed by atoms with Crippen molar-refractivity contribution in [3.8, 4) is 11.6 Å². The van der Waals surface area contributed by atoms with Crippen LogP contribution in [0.3, 0.4) is 0 Å². The molecule has 0 saturated carbocycles. The number of anilines is 1. The van der Waals surface area contributed by atoms with Gasteiger partial charge in [-0.15, -0.1) is 0 Å². The molecule has 0 bridgehead atoms. The van der Waals surface area contributed by atoms with Gasteiger partial charge in [-0.1, -0.05) is 12.1 Å². The zero-order chi connectivity index (χ0) is 26.3. The highest BCUT2D eigenvalue weighted by molar-refractivity contribution is 7.93. The molecule has 0 aliphatic rings. The lowest BCUT2D eigenvalue weighted by Gasteiger charge is -2.14. The van der Waals surface area contributed by atoms with E-state index in [2.05, 4.69) is 4.98 Å². The minimum atomic E-state index is -5.85. The topological polar surface area (TPSA) is 98.5 Å². The first-order valence-corrected chi connectivity index (χ1v) is 11.6. The third-order valence-corrected chi connectivity index (χ3v) is 6.29. The molecule has 0 unspecified atom stereocenters. The molecule has 0 amide bonds. The van der Waals surface area contributed by atoms with E-state index in [0.717, 1.165) is 18.2 Å². The van der Waals surface area contributed by atoms with Crippen molar-refractivity contribution in [1.82, 2.24) is 4.98 Å². The molecule has 0 aliphatic carbocycles. The van der Waals surface area contributed by atoms with Gasteiger partial charge in [-0.25, -0.2) is 18.6 Å². The molecule has 7 nitrogen and oxygen atoms in total. The van der Waals surface area contributed by atoms with Gasteiger partial charge in [0.05, 0.1) is 5.69 Å². The molecule has 0 saturated heterocycles. The molecule has 2 aromatic carbocycles. The maximum atomic E-state index is 14.9. The van der Waals surface area contributed by atoms with E-state index in [0.29, 0.717) is 10.9 Å². The number of hydrogen-bond acceptors (Lipinski definition) is 6. The fraction of sp³-hybridized carbons (Fsp3) is 0.130. The van der Waals surface area contributed by atoms with Crippen molar-refractivity contribution in [2.45, 2.75) is 18.9 Å². The van der Waals surface area contributed by atoms with Crippen LogP contribution in [0.25, 0.3) is 11.0 Å². The minimum Gasteiger partial charge on any atom is -0.436 e. The lowest BCUT2D eigenvalue weighted by molar-refractivity contribution is -0.0429. The average molecular weight is 526 g/mol. The number of alkyl halides is 3. The van der Waals surface area contributed by atoms with Gasteiger partial charge in [-0.05, 0) is 48.4 Å². The van der Waals surface area contributed by atoms with E-state index in [9.17, 15) is 35.2 Å². The van der Waals surface area contributed by atoms with E-state index >= 15 is 0 Å². The fourth-order valence-corrected chi connectivity index (χ4v) is 3.95. The van der Waals surface area contributed by atoms with Crippen LogP contribution in [0.2, 0.25) is 0 Å². The van der Waals surface area contributed by atoms with E-state index in [1.54, 1.807) is 6.92 Å². The second-order valence-corrected chi connectivity index (χ2v) is 9.22. The quantitative estimate of drug-likeness (QED) is 0.266. The predicted octanol–water partition coefficient (Wildman–Crippen LogP) is 5.42. The summed E-state index contributed by atoms with van der Waals surface area (Å²) in [5.41, 5.74) is -7.19. The van der Waals surface area contributed by atoms with Crippen LogP contribution >= 0.6 is 0 Å². The number of benzene rings is 2. The van der Waals surface area contributed by atoms with Crippen molar-refractivity contribution in [1.29, 1.82) is 0 Å². The van der Waals surface area contributed by atoms with Gasteiger partial charge in [0.2, 0.25) is 0 Å². The Morgan fingerprint density at radius 2 is 1.83 bits per heavy atom. The molecule has 0 spiro atoms. The Balaban J connectivity index is 1.67. The van der Waals surface area contributed by atoms with E-state index in [-0.39, 0.29) is 28.3 Å². The zero-order valence-electron chi connectivity index (χ0n) is 18.2. The molecule has 4 aromatic rings. The molecule has 188 valence electrons. The smallest absolute Gasteiger partial charge is 0.436 e. The summed E-state index contributed by atoms with van der Waals surface area (Å²) in [6, 6.07) is 10.0. The molecule has 0 fully saturated rings. The second-order valence-electron chi connectivity index (χ2n) is 7.55. The number of nitrogens with one attached hydrogen (secondary N) is 1. The monoisotopic (exact) mass is 526 g/mol. The average Bonchev–Trinajstić information content (AvgIpc) is 2.79. The Bertz CT molecular complexity index is 1630. The number of halogens is 5. The SMILES string of the molecule is Cc1c(Cc2cccc(NS(=O)(=O)C(F)(F)F)c2F)c(=O)oc2cc(Oc3ncccc3F)ccc12. The molecular weight excluding hydrogens is 511 g/mol. The number of sulfonamides is 1. The van der Waals surface area contributed by atoms with Crippen LogP contribution in [0.1, 0.15) is 16.7 Å². The van der Waals surface area contributed by atoms with Gasteiger partial charge < -0.3 is 9.15 Å². The van der Waals surface area contributed by atoms with Gasteiger partial charge in [0.1, 0.15) is 11.3 Å². The van der Waals surface area contributed by atoms with Crippen molar-refractivity contribution in [2.75, 3.05) is 4.72 Å². The highest BCUT2D eigenvalue weighted by Crippen LogP contribution is 2.31. The van der Waals surface area contributed by atoms with Crippen molar-refractivity contribution >= 4 is 26.7 Å². The summed E-state index contributed by atoms with van der Waals surface area (Å²) in [4.78, 5) is 16.4. The van der Waals surface area contributed by atoms with Crippen LogP contribution < -0.4 is 15.1 Å². The first kappa shape index (κ1) is 25.1. The first-order valence-electron chi connectivity index (χ1n) is 10.1. The molecule has 0 radical (unpaired) electrons. The molecule has 1 N–H and O–H groups in total. The third-order valence-electron chi connectivity index (χ3n) is 5.19. The van der Waals surface area contributed by atoms with Crippen LogP contribution in [-0.4, -0.2) is 18.9 Å².